The molecule has 0 saturated carbocycles. The lowest BCUT2D eigenvalue weighted by Crippen LogP contribution is -2.35. The molecule has 1 aliphatic rings. The summed E-state index contributed by atoms with van der Waals surface area (Å²) in [5, 5.41) is 16.7. The predicted molar refractivity (Wildman–Crippen MR) is 116 cm³/mol. The van der Waals surface area contributed by atoms with Crippen molar-refractivity contribution in [1.29, 1.82) is 0 Å². The third kappa shape index (κ3) is 3.94. The molecular weight excluding hydrogens is 435 g/mol. The van der Waals surface area contributed by atoms with Gasteiger partial charge in [-0.25, -0.2) is 0 Å². The van der Waals surface area contributed by atoms with E-state index in [1.165, 1.54) is 6.07 Å². The Balaban J connectivity index is 1.43. The number of H-pyrrole nitrogens is 1. The largest absolute Gasteiger partial charge is 0.506 e. The number of aromatic amines is 1. The second-order valence-corrected chi connectivity index (χ2v) is 8.08. The third-order valence-corrected chi connectivity index (χ3v) is 5.89. The summed E-state index contributed by atoms with van der Waals surface area (Å²) in [6, 6.07) is 12.5. The molecule has 1 aliphatic heterocycles. The summed E-state index contributed by atoms with van der Waals surface area (Å²) >= 11 is 0. The summed E-state index contributed by atoms with van der Waals surface area (Å²) in [6.07, 6.45) is -1.38. The Hall–Kier alpha value is -3.75. The van der Waals surface area contributed by atoms with Crippen LogP contribution in [0.1, 0.15) is 35.3 Å². The number of phenolic OH excluding ortho intramolecular Hbond substituents is 1. The number of amides is 1. The number of carbonyl (C=O) groups is 1. The lowest BCUT2D eigenvalue weighted by molar-refractivity contribution is -0.141. The van der Waals surface area contributed by atoms with Crippen molar-refractivity contribution in [2.24, 2.45) is 0 Å². The number of rotatable bonds is 3. The van der Waals surface area contributed by atoms with E-state index in [4.69, 9.17) is 4.42 Å². The molecule has 0 atom stereocenters. The van der Waals surface area contributed by atoms with Crippen molar-refractivity contribution in [2.45, 2.75) is 25.4 Å². The number of likely N-dealkylation sites (tertiary alicyclic amines) is 1. The molecule has 3 heterocycles. The maximum absolute atomic E-state index is 12.9. The number of halogens is 3. The minimum absolute atomic E-state index is 0.00497. The number of benzene rings is 2. The van der Waals surface area contributed by atoms with Crippen LogP contribution < -0.4 is 0 Å². The number of carbonyl (C=O) groups excluding carboxylic acids is 1. The molecule has 0 unspecified atom stereocenters. The first-order valence-corrected chi connectivity index (χ1v) is 10.6. The van der Waals surface area contributed by atoms with E-state index in [9.17, 15) is 23.1 Å². The molecule has 2 N–H and O–H groups in total. The molecule has 5 rings (SSSR count). The van der Waals surface area contributed by atoms with Crippen molar-refractivity contribution in [3.05, 3.63) is 59.8 Å². The van der Waals surface area contributed by atoms with Crippen LogP contribution in [0.15, 0.2) is 52.9 Å². The van der Waals surface area contributed by atoms with Gasteiger partial charge in [-0.05, 0) is 55.7 Å². The van der Waals surface area contributed by atoms with Gasteiger partial charge in [0.1, 0.15) is 22.8 Å². The highest BCUT2D eigenvalue weighted by Crippen LogP contribution is 2.40. The number of alkyl halides is 3. The molecule has 9 heteroatoms. The highest BCUT2D eigenvalue weighted by atomic mass is 19.4. The van der Waals surface area contributed by atoms with Crippen LogP contribution in [0.3, 0.4) is 0 Å². The van der Waals surface area contributed by atoms with Gasteiger partial charge in [-0.3, -0.25) is 9.89 Å². The molecule has 0 bridgehead atoms. The topological polar surface area (TPSA) is 82.4 Å². The second-order valence-electron chi connectivity index (χ2n) is 8.08. The number of fused-ring (bicyclic) bond motifs is 1. The average Bonchev–Trinajstić information content (AvgIpc) is 3.48. The fraction of sp³-hybridized carbons (Fsp3) is 0.250. The molecule has 0 spiro atoms. The Morgan fingerprint density at radius 3 is 2.42 bits per heavy atom. The van der Waals surface area contributed by atoms with Crippen LogP contribution in [0, 0.1) is 0 Å². The standard InChI is InChI=1S/C24H20F3N3O3/c25-24(26,27)21-13-18(28-29-21)16-8-9-19-17(22(16)31)12-20(33-19)14-4-6-15(7-5-14)23(32)30-10-2-1-3-11-30/h4-9,12-13,31H,1-3,10-11H2,(H,28,29). The number of nitrogens with zero attached hydrogens (tertiary/aromatic N) is 2. The van der Waals surface area contributed by atoms with Crippen LogP contribution in [0.4, 0.5) is 13.2 Å². The molecule has 170 valence electrons. The van der Waals surface area contributed by atoms with Gasteiger partial charge in [0.05, 0.1) is 11.1 Å². The van der Waals surface area contributed by atoms with E-state index in [0.29, 0.717) is 27.9 Å². The number of piperidine rings is 1. The monoisotopic (exact) mass is 455 g/mol. The molecule has 4 aromatic rings. The molecule has 1 saturated heterocycles. The SMILES string of the molecule is O=C(c1ccc(-c2cc3c(O)c(-c4cc(C(F)(F)F)[nH]n4)ccc3o2)cc1)N1CCCCC1. The van der Waals surface area contributed by atoms with Crippen LogP contribution >= 0.6 is 0 Å². The summed E-state index contributed by atoms with van der Waals surface area (Å²) in [4.78, 5) is 14.5. The highest BCUT2D eigenvalue weighted by molar-refractivity contribution is 5.96. The number of hydrogen-bond donors (Lipinski definition) is 2. The van der Waals surface area contributed by atoms with Gasteiger partial charge in [0.15, 0.2) is 0 Å². The van der Waals surface area contributed by atoms with Gasteiger partial charge in [-0.2, -0.15) is 18.3 Å². The maximum Gasteiger partial charge on any atom is 0.432 e. The summed E-state index contributed by atoms with van der Waals surface area (Å²) in [5.41, 5.74) is 0.826. The Morgan fingerprint density at radius 2 is 1.76 bits per heavy atom. The Kier molecular flexibility index (Phi) is 5.11. The highest BCUT2D eigenvalue weighted by Gasteiger charge is 2.33. The minimum Gasteiger partial charge on any atom is -0.506 e. The predicted octanol–water partition coefficient (Wildman–Crippen LogP) is 5.84. The molecule has 0 radical (unpaired) electrons. The first-order valence-electron chi connectivity index (χ1n) is 10.6. The maximum atomic E-state index is 12.9. The molecular formula is C24H20F3N3O3. The molecule has 6 nitrogen and oxygen atoms in total. The van der Waals surface area contributed by atoms with E-state index in [-0.39, 0.29) is 22.9 Å². The van der Waals surface area contributed by atoms with Crippen LogP contribution in [-0.4, -0.2) is 39.2 Å². The van der Waals surface area contributed by atoms with Crippen molar-refractivity contribution >= 4 is 16.9 Å². The van der Waals surface area contributed by atoms with E-state index in [0.717, 1.165) is 38.4 Å². The quantitative estimate of drug-likeness (QED) is 0.407. The zero-order valence-electron chi connectivity index (χ0n) is 17.4. The lowest BCUT2D eigenvalue weighted by Gasteiger charge is -2.26. The summed E-state index contributed by atoms with van der Waals surface area (Å²) in [6.45, 7) is 1.54. The van der Waals surface area contributed by atoms with Crippen LogP contribution in [0.25, 0.3) is 33.6 Å². The van der Waals surface area contributed by atoms with Crippen molar-refractivity contribution in [3.8, 4) is 28.3 Å². The van der Waals surface area contributed by atoms with Crippen LogP contribution in [0.5, 0.6) is 5.75 Å². The number of nitrogens with one attached hydrogen (secondary N) is 1. The fourth-order valence-corrected chi connectivity index (χ4v) is 4.11. The Bertz CT molecular complexity index is 1320. The number of furan rings is 1. The van der Waals surface area contributed by atoms with E-state index >= 15 is 0 Å². The number of phenols is 1. The zero-order chi connectivity index (χ0) is 23.2. The second kappa shape index (κ2) is 7.99. The zero-order valence-corrected chi connectivity index (χ0v) is 17.4. The molecule has 2 aromatic carbocycles. The third-order valence-electron chi connectivity index (χ3n) is 5.89. The minimum atomic E-state index is -4.56. The first-order chi connectivity index (χ1) is 15.8. The molecule has 33 heavy (non-hydrogen) atoms. The summed E-state index contributed by atoms with van der Waals surface area (Å²) in [5.74, 6) is 0.248. The lowest BCUT2D eigenvalue weighted by atomic mass is 10.1. The van der Waals surface area contributed by atoms with Crippen LogP contribution in [-0.2, 0) is 6.18 Å². The van der Waals surface area contributed by atoms with E-state index in [2.05, 4.69) is 5.10 Å². The Morgan fingerprint density at radius 1 is 1.03 bits per heavy atom. The van der Waals surface area contributed by atoms with E-state index in [1.807, 2.05) is 10.00 Å². The van der Waals surface area contributed by atoms with E-state index in [1.54, 1.807) is 36.4 Å². The molecule has 2 aromatic heterocycles. The van der Waals surface area contributed by atoms with Gasteiger partial charge in [-0.15, -0.1) is 0 Å². The van der Waals surface area contributed by atoms with Gasteiger partial charge >= 0.3 is 6.18 Å². The summed E-state index contributed by atoms with van der Waals surface area (Å²) in [7, 11) is 0. The summed E-state index contributed by atoms with van der Waals surface area (Å²) < 4.78 is 44.5. The Labute approximate surface area is 186 Å². The van der Waals surface area contributed by atoms with E-state index < -0.39 is 11.9 Å². The number of aromatic nitrogens is 2. The smallest absolute Gasteiger partial charge is 0.432 e. The normalized spacial score (nSPS) is 14.7. The number of hydrogen-bond acceptors (Lipinski definition) is 4. The van der Waals surface area contributed by atoms with Crippen molar-refractivity contribution < 1.29 is 27.5 Å². The van der Waals surface area contributed by atoms with Gasteiger partial charge in [0.25, 0.3) is 5.91 Å². The van der Waals surface area contributed by atoms with Crippen molar-refractivity contribution in [3.63, 3.8) is 0 Å². The number of aromatic hydroxyl groups is 1. The van der Waals surface area contributed by atoms with Crippen molar-refractivity contribution in [1.82, 2.24) is 15.1 Å². The van der Waals surface area contributed by atoms with Gasteiger partial charge in [0.2, 0.25) is 0 Å². The van der Waals surface area contributed by atoms with Crippen LogP contribution in [0.2, 0.25) is 0 Å². The first kappa shape index (κ1) is 21.1. The van der Waals surface area contributed by atoms with Gasteiger partial charge < -0.3 is 14.4 Å². The molecule has 0 aliphatic carbocycles. The van der Waals surface area contributed by atoms with Gasteiger partial charge in [-0.1, -0.05) is 12.1 Å². The molecule has 1 fully saturated rings. The van der Waals surface area contributed by atoms with Gasteiger partial charge in [0, 0.05) is 29.8 Å². The average molecular weight is 455 g/mol. The molecule has 1 amide bonds. The van der Waals surface area contributed by atoms with Crippen molar-refractivity contribution in [2.75, 3.05) is 13.1 Å². The fourth-order valence-electron chi connectivity index (χ4n) is 4.11.